The lowest BCUT2D eigenvalue weighted by molar-refractivity contribution is 1.18. The number of rotatable bonds is 4. The molecule has 1 aliphatic heterocycles. The highest BCUT2D eigenvalue weighted by Crippen LogP contribution is 2.40. The zero-order valence-corrected chi connectivity index (χ0v) is 31.0. The zero-order valence-electron chi connectivity index (χ0n) is 30.0. The van der Waals surface area contributed by atoms with Gasteiger partial charge in [0.25, 0.3) is 0 Å². The van der Waals surface area contributed by atoms with Crippen LogP contribution in [0.1, 0.15) is 0 Å². The van der Waals surface area contributed by atoms with E-state index in [1.54, 1.807) is 0 Å². The number of fused-ring (bicyclic) bond motifs is 10. The molecule has 256 valence electrons. The van der Waals surface area contributed by atoms with Crippen molar-refractivity contribution in [2.75, 3.05) is 0 Å². The highest BCUT2D eigenvalue weighted by atomic mass is 28.3. The number of nitrogens with zero attached hydrogens (tertiary/aromatic N) is 2. The lowest BCUT2D eigenvalue weighted by atomic mass is 10.1. The number of para-hydroxylation sites is 2. The van der Waals surface area contributed by atoms with Crippen molar-refractivity contribution in [1.82, 2.24) is 9.13 Å². The molecule has 12 rings (SSSR count). The number of benzene rings is 9. The Morgan fingerprint density at radius 3 is 1.45 bits per heavy atom. The van der Waals surface area contributed by atoms with Gasteiger partial charge in [0.15, 0.2) is 8.07 Å². The van der Waals surface area contributed by atoms with Crippen molar-refractivity contribution in [3.8, 4) is 22.5 Å². The maximum atomic E-state index is 2.51. The molecule has 0 N–H and O–H groups in total. The molecule has 1 aliphatic rings. The van der Waals surface area contributed by atoms with E-state index in [4.69, 9.17) is 0 Å². The van der Waals surface area contributed by atoms with Crippen LogP contribution in [0, 0.1) is 0 Å². The number of hydrogen-bond acceptors (Lipinski definition) is 0. The van der Waals surface area contributed by atoms with E-state index in [0.717, 1.165) is 0 Å². The van der Waals surface area contributed by atoms with E-state index >= 15 is 0 Å². The predicted molar refractivity (Wildman–Crippen MR) is 235 cm³/mol. The molecule has 3 heterocycles. The van der Waals surface area contributed by atoms with Crippen LogP contribution in [-0.4, -0.2) is 17.2 Å². The zero-order chi connectivity index (χ0) is 36.1. The van der Waals surface area contributed by atoms with E-state index in [1.807, 2.05) is 0 Å². The Bertz CT molecular complexity index is 3290. The van der Waals surface area contributed by atoms with Gasteiger partial charge in [-0.05, 0) is 91.2 Å². The third-order valence-electron chi connectivity index (χ3n) is 12.2. The molecule has 0 saturated carbocycles. The Morgan fingerprint density at radius 2 is 0.800 bits per heavy atom. The SMILES string of the molecule is c1ccc([Si]2(c3cccc(-n4c5ccccc5c5cc6c(cc54)c4ccccc4n6-c4ccc5ccccc5c4)c3)c3ccccc3-c3ccccc32)cc1. The summed E-state index contributed by atoms with van der Waals surface area (Å²) in [6, 6.07) is 77.2. The molecule has 11 aromatic rings. The first-order valence-corrected chi connectivity index (χ1v) is 21.1. The van der Waals surface area contributed by atoms with Gasteiger partial charge in [0, 0.05) is 32.9 Å². The van der Waals surface area contributed by atoms with Gasteiger partial charge in [-0.2, -0.15) is 0 Å². The van der Waals surface area contributed by atoms with Crippen LogP contribution in [0.5, 0.6) is 0 Å². The van der Waals surface area contributed by atoms with E-state index in [0.29, 0.717) is 0 Å². The molecular weight excluding hydrogens is 681 g/mol. The van der Waals surface area contributed by atoms with Crippen molar-refractivity contribution in [2.24, 2.45) is 0 Å². The quantitative estimate of drug-likeness (QED) is 0.161. The summed E-state index contributed by atoms with van der Waals surface area (Å²) < 4.78 is 4.96. The second-order valence-electron chi connectivity index (χ2n) is 14.9. The Hall–Kier alpha value is -6.94. The minimum absolute atomic E-state index is 1.17. The second-order valence-corrected chi connectivity index (χ2v) is 18.6. The molecule has 2 nitrogen and oxygen atoms in total. The van der Waals surface area contributed by atoms with Gasteiger partial charge in [-0.1, -0.05) is 158 Å². The first-order valence-electron chi connectivity index (χ1n) is 19.1. The van der Waals surface area contributed by atoms with Crippen LogP contribution >= 0.6 is 0 Å². The van der Waals surface area contributed by atoms with Crippen LogP contribution in [0.2, 0.25) is 0 Å². The summed E-state index contributed by atoms with van der Waals surface area (Å²) in [7, 11) is -2.66. The van der Waals surface area contributed by atoms with Crippen molar-refractivity contribution >= 4 is 83.2 Å². The van der Waals surface area contributed by atoms with Gasteiger partial charge in [0.2, 0.25) is 0 Å². The van der Waals surface area contributed by atoms with E-state index in [9.17, 15) is 0 Å². The average molecular weight is 715 g/mol. The summed E-state index contributed by atoms with van der Waals surface area (Å²) in [5, 5.41) is 13.3. The molecule has 0 aliphatic carbocycles. The predicted octanol–water partition coefficient (Wildman–Crippen LogP) is 10.4. The lowest BCUT2D eigenvalue weighted by Gasteiger charge is -2.31. The first-order chi connectivity index (χ1) is 27.3. The molecule has 0 saturated heterocycles. The van der Waals surface area contributed by atoms with Gasteiger partial charge in [0.05, 0.1) is 22.1 Å². The van der Waals surface area contributed by atoms with Gasteiger partial charge in [-0.25, -0.2) is 0 Å². The van der Waals surface area contributed by atoms with Crippen LogP contribution in [0.3, 0.4) is 0 Å². The van der Waals surface area contributed by atoms with E-state index in [2.05, 4.69) is 215 Å². The fourth-order valence-corrected chi connectivity index (χ4v) is 15.1. The molecule has 9 aromatic carbocycles. The Labute approximate surface area is 319 Å². The van der Waals surface area contributed by atoms with Crippen molar-refractivity contribution < 1.29 is 0 Å². The molecule has 0 atom stereocenters. The fourth-order valence-electron chi connectivity index (χ4n) is 9.89. The van der Waals surface area contributed by atoms with Crippen molar-refractivity contribution in [3.63, 3.8) is 0 Å². The summed E-state index contributed by atoms with van der Waals surface area (Å²) in [4.78, 5) is 0. The second kappa shape index (κ2) is 11.5. The fraction of sp³-hybridized carbons (Fsp3) is 0. The van der Waals surface area contributed by atoms with Crippen molar-refractivity contribution in [1.29, 1.82) is 0 Å². The normalized spacial score (nSPS) is 13.2. The molecule has 0 amide bonds. The van der Waals surface area contributed by atoms with Crippen LogP contribution in [0.15, 0.2) is 206 Å². The third kappa shape index (κ3) is 4.19. The topological polar surface area (TPSA) is 9.86 Å². The molecule has 0 spiro atoms. The van der Waals surface area contributed by atoms with Gasteiger partial charge in [-0.3, -0.25) is 0 Å². The van der Waals surface area contributed by atoms with Gasteiger partial charge >= 0.3 is 0 Å². The first kappa shape index (κ1) is 30.5. The summed E-state index contributed by atoms with van der Waals surface area (Å²) >= 11 is 0. The van der Waals surface area contributed by atoms with Crippen LogP contribution in [0.4, 0.5) is 0 Å². The number of aromatic nitrogens is 2. The van der Waals surface area contributed by atoms with Gasteiger partial charge < -0.3 is 9.13 Å². The highest BCUT2D eigenvalue weighted by Gasteiger charge is 2.48. The summed E-state index contributed by atoms with van der Waals surface area (Å²) in [5.74, 6) is 0. The largest absolute Gasteiger partial charge is 0.309 e. The van der Waals surface area contributed by atoms with Crippen molar-refractivity contribution in [3.05, 3.63) is 206 Å². The molecule has 55 heavy (non-hydrogen) atoms. The van der Waals surface area contributed by atoms with E-state index in [1.165, 1.54) is 97.6 Å². The van der Waals surface area contributed by atoms with Gasteiger partial charge in [-0.15, -0.1) is 0 Å². The minimum atomic E-state index is -2.66. The average Bonchev–Trinajstić information content (AvgIpc) is 3.87. The Kier molecular flexibility index (Phi) is 6.39. The highest BCUT2D eigenvalue weighted by molar-refractivity contribution is 7.22. The standard InChI is InChI=1S/C52H34N2Si/c1-2-18-39(19-3-1)55(51-27-12-8-23-43(51)44-24-9-13-28-52(44)55)40-20-14-17-37(32-40)53-47-25-10-6-21-41(47)45-34-50-46(33-49(45)53)42-22-7-11-26-48(42)54(50)38-30-29-35-15-4-5-16-36(35)31-38/h1-34H. The maximum absolute atomic E-state index is 2.66. The summed E-state index contributed by atoms with van der Waals surface area (Å²) in [6.07, 6.45) is 0. The van der Waals surface area contributed by atoms with Gasteiger partial charge in [0.1, 0.15) is 0 Å². The summed E-state index contributed by atoms with van der Waals surface area (Å²) in [6.45, 7) is 0. The molecule has 0 unspecified atom stereocenters. The smallest absolute Gasteiger partial charge is 0.180 e. The van der Waals surface area contributed by atoms with Crippen molar-refractivity contribution in [2.45, 2.75) is 0 Å². The van der Waals surface area contributed by atoms with Crippen LogP contribution in [0.25, 0.3) is 76.9 Å². The van der Waals surface area contributed by atoms with E-state index in [-0.39, 0.29) is 0 Å². The van der Waals surface area contributed by atoms with Crippen LogP contribution < -0.4 is 20.7 Å². The molecular formula is C52H34N2Si. The molecule has 3 heteroatoms. The third-order valence-corrected chi connectivity index (χ3v) is 17.0. The molecule has 0 fully saturated rings. The Balaban J connectivity index is 1.15. The minimum Gasteiger partial charge on any atom is -0.309 e. The molecule has 2 aromatic heterocycles. The maximum Gasteiger partial charge on any atom is 0.180 e. The Morgan fingerprint density at radius 1 is 0.291 bits per heavy atom. The molecule has 0 bridgehead atoms. The molecule has 0 radical (unpaired) electrons. The van der Waals surface area contributed by atoms with E-state index < -0.39 is 8.07 Å². The van der Waals surface area contributed by atoms with Crippen LogP contribution in [-0.2, 0) is 0 Å². The summed E-state index contributed by atoms with van der Waals surface area (Å²) in [5.41, 5.74) is 9.95. The number of hydrogen-bond donors (Lipinski definition) is 0. The lowest BCUT2D eigenvalue weighted by Crippen LogP contribution is -2.72. The monoisotopic (exact) mass is 714 g/mol.